The highest BCUT2D eigenvalue weighted by molar-refractivity contribution is 9.11. The molecule has 38 heavy (non-hydrogen) atoms. The van der Waals surface area contributed by atoms with Crippen LogP contribution in [-0.4, -0.2) is 31.7 Å². The Balaban J connectivity index is 1.74. The molecule has 200 valence electrons. The molecular weight excluding hydrogens is 645 g/mol. The molecule has 0 aliphatic rings. The molecule has 0 spiro atoms. The molecule has 12 heteroatoms. The van der Waals surface area contributed by atoms with Crippen molar-refractivity contribution in [3.05, 3.63) is 84.7 Å². The summed E-state index contributed by atoms with van der Waals surface area (Å²) in [6.07, 6.45) is 1.06. The molecule has 0 N–H and O–H groups in total. The largest absolute Gasteiger partial charge is 0.425 e. The highest BCUT2D eigenvalue weighted by Gasteiger charge is 2.23. The maximum absolute atomic E-state index is 13.7. The predicted octanol–water partition coefficient (Wildman–Crippen LogP) is 6.15. The number of aromatic nitrogens is 2. The number of sulfonamides is 1. The lowest BCUT2D eigenvalue weighted by molar-refractivity contribution is 0.0903. The van der Waals surface area contributed by atoms with Gasteiger partial charge in [0, 0.05) is 32.5 Å². The molecule has 2 aromatic heterocycles. The second kappa shape index (κ2) is 11.2. The fourth-order valence-electron chi connectivity index (χ4n) is 3.83. The SMILES string of the molecule is CC(C)c1nc(N(C)S(C)(=O)=O)nc(-c2ccc(F)cc2)c1COCc1cc2c(Br)cc(Br)cc2c(=O)o1. The van der Waals surface area contributed by atoms with Crippen LogP contribution in [0.3, 0.4) is 0 Å². The Hall–Kier alpha value is -2.67. The average Bonchev–Trinajstić information content (AvgIpc) is 2.84. The number of ether oxygens (including phenoxy) is 1. The molecule has 0 aliphatic carbocycles. The Bertz CT molecular complexity index is 1680. The fourth-order valence-corrected chi connectivity index (χ4v) is 5.55. The first kappa shape index (κ1) is 28.3. The number of nitrogens with zero attached hydrogens (tertiary/aromatic N) is 3. The number of rotatable bonds is 8. The van der Waals surface area contributed by atoms with Crippen LogP contribution in [-0.2, 0) is 28.0 Å². The number of halogens is 3. The van der Waals surface area contributed by atoms with Gasteiger partial charge in [-0.25, -0.2) is 31.9 Å². The van der Waals surface area contributed by atoms with E-state index >= 15 is 0 Å². The molecular formula is C26H24Br2FN3O5S. The molecule has 0 radical (unpaired) electrons. The normalized spacial score (nSPS) is 11.9. The van der Waals surface area contributed by atoms with Crippen molar-refractivity contribution in [2.75, 3.05) is 17.6 Å². The fraction of sp³-hybridized carbons (Fsp3) is 0.269. The van der Waals surface area contributed by atoms with Gasteiger partial charge in [0.1, 0.15) is 18.2 Å². The van der Waals surface area contributed by atoms with Gasteiger partial charge in [-0.3, -0.25) is 0 Å². The van der Waals surface area contributed by atoms with Crippen molar-refractivity contribution >= 4 is 58.6 Å². The van der Waals surface area contributed by atoms with Crippen molar-refractivity contribution in [3.8, 4) is 11.3 Å². The van der Waals surface area contributed by atoms with Crippen molar-refractivity contribution in [1.29, 1.82) is 0 Å². The van der Waals surface area contributed by atoms with Crippen LogP contribution in [0.2, 0.25) is 0 Å². The van der Waals surface area contributed by atoms with E-state index in [1.165, 1.54) is 19.2 Å². The molecule has 0 fully saturated rings. The molecule has 2 heterocycles. The van der Waals surface area contributed by atoms with Crippen molar-refractivity contribution in [2.45, 2.75) is 33.0 Å². The van der Waals surface area contributed by atoms with Crippen LogP contribution in [0.5, 0.6) is 0 Å². The van der Waals surface area contributed by atoms with Crippen molar-refractivity contribution in [3.63, 3.8) is 0 Å². The van der Waals surface area contributed by atoms with E-state index in [4.69, 9.17) is 9.15 Å². The quantitative estimate of drug-likeness (QED) is 0.222. The predicted molar refractivity (Wildman–Crippen MR) is 151 cm³/mol. The van der Waals surface area contributed by atoms with E-state index in [2.05, 4.69) is 41.8 Å². The minimum Gasteiger partial charge on any atom is -0.425 e. The minimum atomic E-state index is -3.63. The van der Waals surface area contributed by atoms with Gasteiger partial charge in [0.2, 0.25) is 16.0 Å². The average molecular weight is 669 g/mol. The van der Waals surface area contributed by atoms with Crippen LogP contribution >= 0.6 is 31.9 Å². The van der Waals surface area contributed by atoms with Gasteiger partial charge in [-0.05, 0) is 48.4 Å². The Labute approximate surface area is 236 Å². The van der Waals surface area contributed by atoms with Gasteiger partial charge < -0.3 is 9.15 Å². The molecule has 0 unspecified atom stereocenters. The standard InChI is InChI=1S/C26H24Br2FN3O5S/c1-14(2)23-21(13-36-12-18-11-19-20(25(33)37-18)9-16(27)10-22(19)28)24(15-5-7-17(29)8-6-15)31-26(30-23)32(3)38(4,34)35/h5-11,14H,12-13H2,1-4H3. The molecule has 0 saturated heterocycles. The summed E-state index contributed by atoms with van der Waals surface area (Å²) in [5.74, 6) is -0.205. The zero-order valence-corrected chi connectivity index (χ0v) is 24.9. The first-order chi connectivity index (χ1) is 17.8. The monoisotopic (exact) mass is 667 g/mol. The molecule has 4 aromatic rings. The highest BCUT2D eigenvalue weighted by atomic mass is 79.9. The molecule has 8 nitrogen and oxygen atoms in total. The van der Waals surface area contributed by atoms with Crippen LogP contribution in [0.25, 0.3) is 22.0 Å². The number of anilines is 1. The van der Waals surface area contributed by atoms with E-state index in [9.17, 15) is 17.6 Å². The van der Waals surface area contributed by atoms with E-state index in [1.807, 2.05) is 19.9 Å². The first-order valence-electron chi connectivity index (χ1n) is 11.4. The van der Waals surface area contributed by atoms with Crippen molar-refractivity contribution in [1.82, 2.24) is 9.97 Å². The molecule has 0 saturated carbocycles. The summed E-state index contributed by atoms with van der Waals surface area (Å²) in [5.41, 5.74) is 1.70. The number of hydrogen-bond donors (Lipinski definition) is 0. The summed E-state index contributed by atoms with van der Waals surface area (Å²) in [6.45, 7) is 3.86. The smallest absolute Gasteiger partial charge is 0.343 e. The van der Waals surface area contributed by atoms with Crippen molar-refractivity contribution in [2.24, 2.45) is 0 Å². The zero-order valence-electron chi connectivity index (χ0n) is 21.0. The van der Waals surface area contributed by atoms with E-state index < -0.39 is 21.5 Å². The summed E-state index contributed by atoms with van der Waals surface area (Å²) < 4.78 is 52.0. The highest BCUT2D eigenvalue weighted by Crippen LogP contribution is 2.32. The Morgan fingerprint density at radius 3 is 2.37 bits per heavy atom. The van der Waals surface area contributed by atoms with E-state index in [1.54, 1.807) is 24.3 Å². The summed E-state index contributed by atoms with van der Waals surface area (Å²) in [5, 5.41) is 1.11. The van der Waals surface area contributed by atoms with Crippen LogP contribution < -0.4 is 9.93 Å². The van der Waals surface area contributed by atoms with Crippen LogP contribution in [0.4, 0.5) is 10.3 Å². The van der Waals surface area contributed by atoms with Crippen LogP contribution in [0.1, 0.15) is 36.8 Å². The van der Waals surface area contributed by atoms with Gasteiger partial charge in [-0.15, -0.1) is 0 Å². The molecule has 2 aromatic carbocycles. The Kier molecular flexibility index (Phi) is 8.36. The van der Waals surface area contributed by atoms with Gasteiger partial charge in [0.05, 0.1) is 29.6 Å². The lowest BCUT2D eigenvalue weighted by Crippen LogP contribution is -2.28. The van der Waals surface area contributed by atoms with E-state index in [-0.39, 0.29) is 25.1 Å². The lowest BCUT2D eigenvalue weighted by atomic mass is 9.99. The van der Waals surface area contributed by atoms with Crippen molar-refractivity contribution < 1.29 is 22.0 Å². The van der Waals surface area contributed by atoms with Gasteiger partial charge >= 0.3 is 5.63 Å². The molecule has 0 atom stereocenters. The van der Waals surface area contributed by atoms with Gasteiger partial charge in [0.15, 0.2) is 0 Å². The number of fused-ring (bicyclic) bond motifs is 1. The molecule has 0 aliphatic heterocycles. The second-order valence-electron chi connectivity index (χ2n) is 8.97. The minimum absolute atomic E-state index is 0.00388. The summed E-state index contributed by atoms with van der Waals surface area (Å²) in [4.78, 5) is 21.6. The third-order valence-electron chi connectivity index (χ3n) is 5.81. The Morgan fingerprint density at radius 2 is 1.74 bits per heavy atom. The summed E-state index contributed by atoms with van der Waals surface area (Å²) in [6, 6.07) is 11.0. The lowest BCUT2D eigenvalue weighted by Gasteiger charge is -2.21. The van der Waals surface area contributed by atoms with Gasteiger partial charge in [-0.1, -0.05) is 45.7 Å². The second-order valence-corrected chi connectivity index (χ2v) is 12.8. The zero-order chi connectivity index (χ0) is 27.8. The summed E-state index contributed by atoms with van der Waals surface area (Å²) >= 11 is 6.85. The maximum Gasteiger partial charge on any atom is 0.343 e. The van der Waals surface area contributed by atoms with E-state index in [0.29, 0.717) is 39.0 Å². The molecule has 0 bridgehead atoms. The third kappa shape index (κ3) is 6.14. The third-order valence-corrected chi connectivity index (χ3v) is 8.08. The number of hydrogen-bond acceptors (Lipinski definition) is 7. The Morgan fingerprint density at radius 1 is 1.05 bits per heavy atom. The van der Waals surface area contributed by atoms with Gasteiger partial charge in [-0.2, -0.15) is 0 Å². The maximum atomic E-state index is 13.7. The summed E-state index contributed by atoms with van der Waals surface area (Å²) in [7, 11) is -2.26. The van der Waals surface area contributed by atoms with Crippen LogP contribution in [0.15, 0.2) is 60.6 Å². The van der Waals surface area contributed by atoms with Crippen LogP contribution in [0, 0.1) is 5.82 Å². The topological polar surface area (TPSA) is 103 Å². The number of benzene rings is 2. The van der Waals surface area contributed by atoms with Gasteiger partial charge in [0.25, 0.3) is 0 Å². The molecule has 4 rings (SSSR count). The first-order valence-corrected chi connectivity index (χ1v) is 14.9. The van der Waals surface area contributed by atoms with E-state index in [0.717, 1.165) is 19.5 Å². The molecule has 0 amide bonds.